The van der Waals surface area contributed by atoms with Gasteiger partial charge in [-0.2, -0.15) is 0 Å². The van der Waals surface area contributed by atoms with Gasteiger partial charge < -0.3 is 15.4 Å². The predicted molar refractivity (Wildman–Crippen MR) is 128 cm³/mol. The van der Waals surface area contributed by atoms with Gasteiger partial charge in [0.05, 0.1) is 12.3 Å². The third-order valence-corrected chi connectivity index (χ3v) is 4.99. The summed E-state index contributed by atoms with van der Waals surface area (Å²) in [6.07, 6.45) is 1.79. The van der Waals surface area contributed by atoms with Gasteiger partial charge in [0.15, 0.2) is 5.96 Å². The maximum absolute atomic E-state index is 11.3. The van der Waals surface area contributed by atoms with Crippen LogP contribution in [0.5, 0.6) is 5.75 Å². The van der Waals surface area contributed by atoms with Gasteiger partial charge in [0, 0.05) is 24.2 Å². The van der Waals surface area contributed by atoms with Crippen molar-refractivity contribution in [2.75, 3.05) is 31.7 Å². The first-order chi connectivity index (χ1) is 12.9. The van der Waals surface area contributed by atoms with Crippen LogP contribution in [-0.4, -0.2) is 52.1 Å². The van der Waals surface area contributed by atoms with Crippen LogP contribution in [0, 0.1) is 0 Å². The van der Waals surface area contributed by atoms with Crippen molar-refractivity contribution in [1.29, 1.82) is 0 Å². The summed E-state index contributed by atoms with van der Waals surface area (Å²) >= 11 is 0. The van der Waals surface area contributed by atoms with Gasteiger partial charge in [-0.25, -0.2) is 13.4 Å². The molecule has 2 aromatic rings. The second kappa shape index (κ2) is 12.1. The predicted octanol–water partition coefficient (Wildman–Crippen LogP) is 3.21. The molecule has 0 fully saturated rings. The van der Waals surface area contributed by atoms with Crippen LogP contribution in [0.15, 0.2) is 47.5 Å². The smallest absolute Gasteiger partial charge is 0.191 e. The highest BCUT2D eigenvalue weighted by atomic mass is 127. The molecule has 0 radical (unpaired) electrons. The van der Waals surface area contributed by atoms with E-state index < -0.39 is 9.84 Å². The van der Waals surface area contributed by atoms with E-state index in [-0.39, 0.29) is 35.8 Å². The lowest BCUT2D eigenvalue weighted by atomic mass is 10.1. The molecule has 6 nitrogen and oxygen atoms in total. The Hall–Kier alpha value is -1.55. The van der Waals surface area contributed by atoms with Gasteiger partial charge >= 0.3 is 0 Å². The maximum Gasteiger partial charge on any atom is 0.191 e. The van der Waals surface area contributed by atoms with Gasteiger partial charge in [-0.1, -0.05) is 36.4 Å². The number of fused-ring (bicyclic) bond motifs is 1. The van der Waals surface area contributed by atoms with Gasteiger partial charge in [-0.3, -0.25) is 0 Å². The van der Waals surface area contributed by atoms with E-state index in [1.54, 1.807) is 0 Å². The van der Waals surface area contributed by atoms with Crippen molar-refractivity contribution >= 4 is 50.5 Å². The minimum atomic E-state index is -2.96. The van der Waals surface area contributed by atoms with Crippen molar-refractivity contribution in [3.63, 3.8) is 0 Å². The number of ether oxygens (including phenoxy) is 1. The fourth-order valence-corrected chi connectivity index (χ4v) is 3.43. The minimum absolute atomic E-state index is 0. The molecule has 0 saturated carbocycles. The number of nitrogens with zero attached hydrogens (tertiary/aromatic N) is 1. The quantitative estimate of drug-likeness (QED) is 0.230. The van der Waals surface area contributed by atoms with Crippen LogP contribution in [0.25, 0.3) is 10.8 Å². The van der Waals surface area contributed by atoms with Gasteiger partial charge in [0.1, 0.15) is 22.2 Å². The Bertz CT molecular complexity index is 867. The number of hydrogen-bond acceptors (Lipinski definition) is 4. The molecular formula is C20H30IN3O3S. The Balaban J connectivity index is 0.00000392. The first-order valence-electron chi connectivity index (χ1n) is 9.22. The standard InChI is InChI=1S/C20H29N3O3S.HI/c1-4-21-20(23-16(2)12-15-27(3,24)25)22-13-14-26-19-11-7-9-17-8-5-6-10-18(17)19;/h5-11,16H,4,12-15H2,1-3H3,(H2,21,22,23);1H. The first-order valence-corrected chi connectivity index (χ1v) is 11.3. The molecule has 2 rings (SSSR count). The van der Waals surface area contributed by atoms with Gasteiger partial charge in [0.2, 0.25) is 0 Å². The van der Waals surface area contributed by atoms with E-state index in [1.807, 2.05) is 44.2 Å². The van der Waals surface area contributed by atoms with Crippen LogP contribution in [0.4, 0.5) is 0 Å². The fraction of sp³-hybridized carbons (Fsp3) is 0.450. The fourth-order valence-electron chi connectivity index (χ4n) is 2.65. The number of sulfone groups is 1. The van der Waals surface area contributed by atoms with E-state index in [2.05, 4.69) is 27.8 Å². The van der Waals surface area contributed by atoms with E-state index in [4.69, 9.17) is 4.74 Å². The van der Waals surface area contributed by atoms with Crippen LogP contribution in [0.2, 0.25) is 0 Å². The Morgan fingerprint density at radius 3 is 2.61 bits per heavy atom. The Morgan fingerprint density at radius 2 is 1.89 bits per heavy atom. The van der Waals surface area contributed by atoms with Crippen LogP contribution >= 0.6 is 24.0 Å². The highest BCUT2D eigenvalue weighted by Gasteiger charge is 2.09. The molecule has 2 aromatic carbocycles. The Labute approximate surface area is 185 Å². The average Bonchev–Trinajstić information content (AvgIpc) is 2.63. The minimum Gasteiger partial charge on any atom is -0.491 e. The summed E-state index contributed by atoms with van der Waals surface area (Å²) in [5.41, 5.74) is 0. The molecule has 0 heterocycles. The van der Waals surface area contributed by atoms with Crippen molar-refractivity contribution in [2.45, 2.75) is 26.3 Å². The van der Waals surface area contributed by atoms with Crippen molar-refractivity contribution < 1.29 is 13.2 Å². The highest BCUT2D eigenvalue weighted by molar-refractivity contribution is 14.0. The normalized spacial score (nSPS) is 12.9. The molecule has 0 aromatic heterocycles. The molecule has 156 valence electrons. The summed E-state index contributed by atoms with van der Waals surface area (Å²) < 4.78 is 28.5. The summed E-state index contributed by atoms with van der Waals surface area (Å²) in [4.78, 5) is 4.51. The zero-order valence-electron chi connectivity index (χ0n) is 16.6. The molecule has 0 spiro atoms. The third kappa shape index (κ3) is 8.64. The van der Waals surface area contributed by atoms with E-state index in [0.29, 0.717) is 25.5 Å². The number of rotatable bonds is 9. The average molecular weight is 519 g/mol. The third-order valence-electron chi connectivity index (χ3n) is 4.02. The van der Waals surface area contributed by atoms with Crippen molar-refractivity contribution in [3.8, 4) is 5.75 Å². The number of aliphatic imine (C=N–C) groups is 1. The molecule has 0 saturated heterocycles. The SMILES string of the molecule is CCNC(=NCCOc1cccc2ccccc12)NC(C)CCS(C)(=O)=O.I. The molecule has 1 unspecified atom stereocenters. The molecule has 0 aliphatic rings. The van der Waals surface area contributed by atoms with Gasteiger partial charge in [-0.15, -0.1) is 24.0 Å². The monoisotopic (exact) mass is 519 g/mol. The second-order valence-electron chi connectivity index (χ2n) is 6.55. The lowest BCUT2D eigenvalue weighted by Crippen LogP contribution is -2.43. The lowest BCUT2D eigenvalue weighted by Gasteiger charge is -2.17. The number of guanidine groups is 1. The van der Waals surface area contributed by atoms with E-state index in [0.717, 1.165) is 23.1 Å². The molecule has 28 heavy (non-hydrogen) atoms. The summed E-state index contributed by atoms with van der Waals surface area (Å²) in [6, 6.07) is 14.1. The molecule has 2 N–H and O–H groups in total. The molecule has 0 aliphatic carbocycles. The molecule has 0 amide bonds. The molecule has 0 aliphatic heterocycles. The summed E-state index contributed by atoms with van der Waals surface area (Å²) in [6.45, 7) is 5.63. The lowest BCUT2D eigenvalue weighted by molar-refractivity contribution is 0.332. The largest absolute Gasteiger partial charge is 0.491 e. The topological polar surface area (TPSA) is 79.8 Å². The second-order valence-corrected chi connectivity index (χ2v) is 8.81. The van der Waals surface area contributed by atoms with Crippen LogP contribution in [0.1, 0.15) is 20.3 Å². The van der Waals surface area contributed by atoms with E-state index >= 15 is 0 Å². The number of benzene rings is 2. The number of nitrogens with one attached hydrogen (secondary N) is 2. The van der Waals surface area contributed by atoms with E-state index in [9.17, 15) is 8.42 Å². The number of hydrogen-bond donors (Lipinski definition) is 2. The van der Waals surface area contributed by atoms with Crippen LogP contribution < -0.4 is 15.4 Å². The van der Waals surface area contributed by atoms with Crippen molar-refractivity contribution in [3.05, 3.63) is 42.5 Å². The van der Waals surface area contributed by atoms with Crippen LogP contribution in [0.3, 0.4) is 0 Å². The first kappa shape index (κ1) is 24.5. The summed E-state index contributed by atoms with van der Waals surface area (Å²) in [5.74, 6) is 1.67. The molecule has 0 bridgehead atoms. The summed E-state index contributed by atoms with van der Waals surface area (Å²) in [7, 11) is -2.96. The maximum atomic E-state index is 11.3. The van der Waals surface area contributed by atoms with Crippen LogP contribution in [-0.2, 0) is 9.84 Å². The van der Waals surface area contributed by atoms with E-state index in [1.165, 1.54) is 6.26 Å². The van der Waals surface area contributed by atoms with Gasteiger partial charge in [-0.05, 0) is 31.7 Å². The zero-order chi connectivity index (χ0) is 19.7. The van der Waals surface area contributed by atoms with Gasteiger partial charge in [0.25, 0.3) is 0 Å². The Morgan fingerprint density at radius 1 is 1.18 bits per heavy atom. The van der Waals surface area contributed by atoms with Crippen molar-refractivity contribution in [2.24, 2.45) is 4.99 Å². The molecule has 1 atom stereocenters. The highest BCUT2D eigenvalue weighted by Crippen LogP contribution is 2.24. The summed E-state index contributed by atoms with van der Waals surface area (Å²) in [5, 5.41) is 8.64. The number of halogens is 1. The van der Waals surface area contributed by atoms with Crippen molar-refractivity contribution in [1.82, 2.24) is 10.6 Å². The Kier molecular flexibility index (Phi) is 10.6. The zero-order valence-corrected chi connectivity index (χ0v) is 19.8. The molecular weight excluding hydrogens is 489 g/mol. The molecule has 8 heteroatoms.